The van der Waals surface area contributed by atoms with E-state index in [4.69, 9.17) is 4.74 Å². The summed E-state index contributed by atoms with van der Waals surface area (Å²) >= 11 is 1.71. The third-order valence-corrected chi connectivity index (χ3v) is 3.60. The van der Waals surface area contributed by atoms with Crippen molar-refractivity contribution in [3.05, 3.63) is 16.1 Å². The molecule has 0 radical (unpaired) electrons. The van der Waals surface area contributed by atoms with Gasteiger partial charge in [0.2, 0.25) is 0 Å². The number of hydrogen-bond acceptors (Lipinski definition) is 5. The van der Waals surface area contributed by atoms with Crippen LogP contribution in [0.5, 0.6) is 0 Å². The van der Waals surface area contributed by atoms with Gasteiger partial charge in [0.05, 0.1) is 17.3 Å². The number of carbonyl (C=O) groups is 1. The molecule has 0 spiro atoms. The van der Waals surface area contributed by atoms with Gasteiger partial charge < -0.3 is 10.1 Å². The Morgan fingerprint density at radius 3 is 2.94 bits per heavy atom. The van der Waals surface area contributed by atoms with E-state index in [1.807, 2.05) is 6.92 Å². The van der Waals surface area contributed by atoms with Crippen LogP contribution in [0.4, 0.5) is 0 Å². The Morgan fingerprint density at radius 2 is 2.33 bits per heavy atom. The summed E-state index contributed by atoms with van der Waals surface area (Å²) in [6.45, 7) is 8.16. The Kier molecular flexibility index (Phi) is 6.90. The van der Waals surface area contributed by atoms with Crippen LogP contribution in [0.1, 0.15) is 50.2 Å². The van der Waals surface area contributed by atoms with Crippen LogP contribution < -0.4 is 5.32 Å². The molecule has 0 aliphatic carbocycles. The summed E-state index contributed by atoms with van der Waals surface area (Å²) < 4.78 is 4.86. The van der Waals surface area contributed by atoms with Gasteiger partial charge >= 0.3 is 5.97 Å². The average molecular weight is 270 g/mol. The number of ether oxygens (including phenoxy) is 1. The number of aromatic nitrogens is 1. The molecule has 0 aliphatic rings. The molecule has 4 nitrogen and oxygen atoms in total. The number of hydrogen-bond donors (Lipinski definition) is 1. The van der Waals surface area contributed by atoms with Gasteiger partial charge in [-0.05, 0) is 19.9 Å². The molecule has 1 heterocycles. The summed E-state index contributed by atoms with van der Waals surface area (Å²) in [5.74, 6) is 0.377. The molecule has 1 N–H and O–H groups in total. The molecule has 0 aliphatic heterocycles. The Labute approximate surface area is 113 Å². The minimum Gasteiger partial charge on any atom is -0.466 e. The van der Waals surface area contributed by atoms with E-state index in [0.717, 1.165) is 25.2 Å². The molecule has 0 saturated heterocycles. The standard InChI is InChI=1S/C13H22N2O2S/c1-4-17-12(16)6-5-7-14-8-11-9-18-13(15-11)10(2)3/h9-10,14H,4-8H2,1-3H3. The van der Waals surface area contributed by atoms with Gasteiger partial charge in [0, 0.05) is 24.3 Å². The fourth-order valence-electron chi connectivity index (χ4n) is 1.48. The molecule has 1 aromatic heterocycles. The molecule has 1 aromatic rings. The van der Waals surface area contributed by atoms with E-state index >= 15 is 0 Å². The maximum absolute atomic E-state index is 11.1. The number of nitrogens with zero attached hydrogens (tertiary/aromatic N) is 1. The van der Waals surface area contributed by atoms with Crippen molar-refractivity contribution in [3.63, 3.8) is 0 Å². The molecule has 0 fully saturated rings. The monoisotopic (exact) mass is 270 g/mol. The van der Waals surface area contributed by atoms with E-state index in [-0.39, 0.29) is 5.97 Å². The Hall–Kier alpha value is -0.940. The first-order chi connectivity index (χ1) is 8.63. The predicted octanol–water partition coefficient (Wildman–Crippen LogP) is 2.70. The van der Waals surface area contributed by atoms with Crippen molar-refractivity contribution < 1.29 is 9.53 Å². The summed E-state index contributed by atoms with van der Waals surface area (Å²) in [5.41, 5.74) is 1.08. The van der Waals surface area contributed by atoms with E-state index in [1.54, 1.807) is 11.3 Å². The summed E-state index contributed by atoms with van der Waals surface area (Å²) in [4.78, 5) is 15.6. The lowest BCUT2D eigenvalue weighted by Crippen LogP contribution is -2.16. The molecule has 0 atom stereocenters. The fraction of sp³-hybridized carbons (Fsp3) is 0.692. The highest BCUT2D eigenvalue weighted by Crippen LogP contribution is 2.18. The van der Waals surface area contributed by atoms with Crippen molar-refractivity contribution in [2.75, 3.05) is 13.2 Å². The van der Waals surface area contributed by atoms with Crippen molar-refractivity contribution in [1.29, 1.82) is 0 Å². The molecular weight excluding hydrogens is 248 g/mol. The van der Waals surface area contributed by atoms with Crippen LogP contribution in [-0.4, -0.2) is 24.1 Å². The van der Waals surface area contributed by atoms with Gasteiger partial charge in [0.1, 0.15) is 0 Å². The minimum absolute atomic E-state index is 0.116. The highest BCUT2D eigenvalue weighted by atomic mass is 32.1. The van der Waals surface area contributed by atoms with Crippen LogP contribution in [0.15, 0.2) is 5.38 Å². The number of nitrogens with one attached hydrogen (secondary N) is 1. The van der Waals surface area contributed by atoms with E-state index in [0.29, 0.717) is 18.9 Å². The quantitative estimate of drug-likeness (QED) is 0.583. The number of carbonyl (C=O) groups excluding carboxylic acids is 1. The third kappa shape index (κ3) is 5.60. The van der Waals surface area contributed by atoms with Gasteiger partial charge in [-0.15, -0.1) is 11.3 Å². The third-order valence-electron chi connectivity index (χ3n) is 2.41. The zero-order chi connectivity index (χ0) is 13.4. The number of esters is 1. The Bertz CT molecular complexity index is 364. The minimum atomic E-state index is -0.116. The SMILES string of the molecule is CCOC(=O)CCCNCc1csc(C(C)C)n1. The lowest BCUT2D eigenvalue weighted by atomic mass is 10.2. The first kappa shape index (κ1) is 15.1. The molecule has 0 aromatic carbocycles. The summed E-state index contributed by atoms with van der Waals surface area (Å²) in [7, 11) is 0. The van der Waals surface area contributed by atoms with E-state index in [9.17, 15) is 4.79 Å². The molecule has 18 heavy (non-hydrogen) atoms. The van der Waals surface area contributed by atoms with Crippen molar-refractivity contribution in [1.82, 2.24) is 10.3 Å². The highest BCUT2D eigenvalue weighted by Gasteiger charge is 2.05. The van der Waals surface area contributed by atoms with Crippen LogP contribution >= 0.6 is 11.3 Å². The molecule has 1 rings (SSSR count). The zero-order valence-corrected chi connectivity index (χ0v) is 12.2. The predicted molar refractivity (Wildman–Crippen MR) is 73.8 cm³/mol. The van der Waals surface area contributed by atoms with Gasteiger partial charge in [0.15, 0.2) is 0 Å². The van der Waals surface area contributed by atoms with Crippen LogP contribution in [0, 0.1) is 0 Å². The summed E-state index contributed by atoms with van der Waals surface area (Å²) in [5, 5.41) is 6.56. The second kappa shape index (κ2) is 8.21. The molecule has 0 amide bonds. The summed E-state index contributed by atoms with van der Waals surface area (Å²) in [6, 6.07) is 0. The van der Waals surface area contributed by atoms with Gasteiger partial charge in [0.25, 0.3) is 0 Å². The lowest BCUT2D eigenvalue weighted by Gasteiger charge is -2.03. The molecular formula is C13H22N2O2S. The molecule has 0 saturated carbocycles. The average Bonchev–Trinajstić information content (AvgIpc) is 2.78. The van der Waals surface area contributed by atoms with Crippen LogP contribution in [0.3, 0.4) is 0 Å². The van der Waals surface area contributed by atoms with Gasteiger partial charge in [-0.25, -0.2) is 4.98 Å². The normalized spacial score (nSPS) is 10.9. The van der Waals surface area contributed by atoms with Gasteiger partial charge in [-0.3, -0.25) is 4.79 Å². The topological polar surface area (TPSA) is 51.2 Å². The van der Waals surface area contributed by atoms with Crippen LogP contribution in [-0.2, 0) is 16.1 Å². The number of rotatable bonds is 8. The van der Waals surface area contributed by atoms with Crippen molar-refractivity contribution in [3.8, 4) is 0 Å². The molecule has 102 valence electrons. The maximum Gasteiger partial charge on any atom is 0.305 e. The van der Waals surface area contributed by atoms with Gasteiger partial charge in [-0.2, -0.15) is 0 Å². The first-order valence-corrected chi connectivity index (χ1v) is 7.32. The molecule has 0 bridgehead atoms. The largest absolute Gasteiger partial charge is 0.466 e. The highest BCUT2D eigenvalue weighted by molar-refractivity contribution is 7.09. The smallest absolute Gasteiger partial charge is 0.305 e. The van der Waals surface area contributed by atoms with Crippen LogP contribution in [0.2, 0.25) is 0 Å². The second-order valence-electron chi connectivity index (χ2n) is 4.42. The lowest BCUT2D eigenvalue weighted by molar-refractivity contribution is -0.143. The fourth-order valence-corrected chi connectivity index (χ4v) is 2.31. The van der Waals surface area contributed by atoms with Gasteiger partial charge in [-0.1, -0.05) is 13.8 Å². The maximum atomic E-state index is 11.1. The number of thiazole rings is 1. The van der Waals surface area contributed by atoms with Crippen molar-refractivity contribution >= 4 is 17.3 Å². The van der Waals surface area contributed by atoms with E-state index < -0.39 is 0 Å². The van der Waals surface area contributed by atoms with Crippen molar-refractivity contribution in [2.45, 2.75) is 46.1 Å². The Morgan fingerprint density at radius 1 is 1.56 bits per heavy atom. The van der Waals surface area contributed by atoms with E-state index in [1.165, 1.54) is 5.01 Å². The van der Waals surface area contributed by atoms with Crippen LogP contribution in [0.25, 0.3) is 0 Å². The van der Waals surface area contributed by atoms with E-state index in [2.05, 4.69) is 29.5 Å². The molecule has 5 heteroatoms. The summed E-state index contributed by atoms with van der Waals surface area (Å²) in [6.07, 6.45) is 1.29. The molecule has 0 unspecified atom stereocenters. The second-order valence-corrected chi connectivity index (χ2v) is 5.31. The first-order valence-electron chi connectivity index (χ1n) is 6.44. The van der Waals surface area contributed by atoms with Crippen molar-refractivity contribution in [2.24, 2.45) is 0 Å². The Balaban J connectivity index is 2.12. The zero-order valence-electron chi connectivity index (χ0n) is 11.4.